The normalized spacial score (nSPS) is 11.6. The minimum atomic E-state index is 0.998. The first-order valence-corrected chi connectivity index (χ1v) is 24.0. The predicted molar refractivity (Wildman–Crippen MR) is 225 cm³/mol. The SMILES string of the molecule is CCCCCCCCCCCCCCCCCCCCCCCCOCCCCCCCCCCCCCCCCCCCCCCCC. The average Bonchev–Trinajstić information content (AvgIpc) is 3.11. The lowest BCUT2D eigenvalue weighted by molar-refractivity contribution is 0.125. The first-order valence-electron chi connectivity index (χ1n) is 24.0. The number of ether oxygens (including phenoxy) is 1. The Balaban J connectivity index is 3.04. The molecule has 0 saturated carbocycles. The highest BCUT2D eigenvalue weighted by Gasteiger charge is 1.98. The lowest BCUT2D eigenvalue weighted by Gasteiger charge is -2.06. The van der Waals surface area contributed by atoms with Crippen molar-refractivity contribution in [2.75, 3.05) is 13.2 Å². The molecule has 0 N–H and O–H groups in total. The minimum absolute atomic E-state index is 0.998. The molecule has 0 saturated heterocycles. The molecule has 1 nitrogen and oxygen atoms in total. The third kappa shape index (κ3) is 48.0. The second-order valence-electron chi connectivity index (χ2n) is 16.5. The first kappa shape index (κ1) is 49.0. The topological polar surface area (TPSA) is 9.23 Å². The predicted octanol–water partition coefficient (Wildman–Crippen LogP) is 18.2. The Labute approximate surface area is 313 Å². The second-order valence-corrected chi connectivity index (χ2v) is 16.5. The van der Waals surface area contributed by atoms with E-state index in [1.54, 1.807) is 0 Å². The molecule has 0 aliphatic carbocycles. The van der Waals surface area contributed by atoms with Crippen molar-refractivity contribution in [2.45, 2.75) is 296 Å². The molecule has 296 valence electrons. The smallest absolute Gasteiger partial charge is 0.0466 e. The maximum Gasteiger partial charge on any atom is 0.0466 e. The lowest BCUT2D eigenvalue weighted by atomic mass is 10.0. The summed E-state index contributed by atoms with van der Waals surface area (Å²) in [4.78, 5) is 0. The molecular formula is C48H98O. The monoisotopic (exact) mass is 691 g/mol. The van der Waals surface area contributed by atoms with Crippen molar-refractivity contribution >= 4 is 0 Å². The van der Waals surface area contributed by atoms with Crippen LogP contribution in [0.25, 0.3) is 0 Å². The van der Waals surface area contributed by atoms with E-state index in [-0.39, 0.29) is 0 Å². The summed E-state index contributed by atoms with van der Waals surface area (Å²) in [5, 5.41) is 0. The quantitative estimate of drug-likeness (QED) is 0.0578. The van der Waals surface area contributed by atoms with Gasteiger partial charge in [-0.25, -0.2) is 0 Å². The van der Waals surface area contributed by atoms with Crippen molar-refractivity contribution in [1.82, 2.24) is 0 Å². The van der Waals surface area contributed by atoms with Crippen LogP contribution in [0.1, 0.15) is 296 Å². The van der Waals surface area contributed by atoms with Crippen LogP contribution in [0.4, 0.5) is 0 Å². The van der Waals surface area contributed by atoms with Crippen LogP contribution in [-0.2, 0) is 4.74 Å². The number of rotatable bonds is 46. The highest BCUT2D eigenvalue weighted by atomic mass is 16.5. The van der Waals surface area contributed by atoms with Crippen molar-refractivity contribution in [3.8, 4) is 0 Å². The fourth-order valence-corrected chi connectivity index (χ4v) is 7.73. The molecule has 0 amide bonds. The molecule has 0 aromatic rings. The van der Waals surface area contributed by atoms with Crippen molar-refractivity contribution in [3.63, 3.8) is 0 Å². The van der Waals surface area contributed by atoms with Crippen LogP contribution in [0.15, 0.2) is 0 Å². The Bertz CT molecular complexity index is 483. The Hall–Kier alpha value is -0.0400. The Morgan fingerprint density at radius 3 is 0.429 bits per heavy atom. The van der Waals surface area contributed by atoms with E-state index in [1.807, 2.05) is 0 Å². The van der Waals surface area contributed by atoms with Gasteiger partial charge in [0.05, 0.1) is 0 Å². The number of hydrogen-bond donors (Lipinski definition) is 0. The molecule has 49 heavy (non-hydrogen) atoms. The third-order valence-corrected chi connectivity index (χ3v) is 11.3. The standard InChI is InChI=1S/C48H98O/c1-3-5-7-9-11-13-15-17-19-21-23-25-27-29-31-33-35-37-39-41-43-45-47-49-48-46-44-42-40-38-36-34-32-30-28-26-24-22-20-18-16-14-12-10-8-6-4-2/h3-48H2,1-2H3. The molecule has 1 heteroatoms. The van der Waals surface area contributed by atoms with Gasteiger partial charge in [-0.2, -0.15) is 0 Å². The highest BCUT2D eigenvalue weighted by molar-refractivity contribution is 4.53. The van der Waals surface area contributed by atoms with Gasteiger partial charge in [0.15, 0.2) is 0 Å². The molecule has 0 aliphatic heterocycles. The zero-order chi connectivity index (χ0) is 35.2. The Morgan fingerprint density at radius 2 is 0.286 bits per heavy atom. The van der Waals surface area contributed by atoms with Crippen LogP contribution in [0.5, 0.6) is 0 Å². The molecule has 0 aromatic heterocycles. The van der Waals surface area contributed by atoms with Crippen LogP contribution < -0.4 is 0 Å². The van der Waals surface area contributed by atoms with E-state index in [0.29, 0.717) is 0 Å². The summed E-state index contributed by atoms with van der Waals surface area (Å²) in [7, 11) is 0. The molecule has 0 heterocycles. The summed E-state index contributed by atoms with van der Waals surface area (Å²) in [6.07, 6.45) is 64.0. The summed E-state index contributed by atoms with van der Waals surface area (Å²) in [5.41, 5.74) is 0. The van der Waals surface area contributed by atoms with Gasteiger partial charge in [0.25, 0.3) is 0 Å². The van der Waals surface area contributed by atoms with Crippen LogP contribution in [0.3, 0.4) is 0 Å². The van der Waals surface area contributed by atoms with Gasteiger partial charge in [-0.3, -0.25) is 0 Å². The van der Waals surface area contributed by atoms with E-state index >= 15 is 0 Å². The zero-order valence-electron chi connectivity index (χ0n) is 34.9. The van der Waals surface area contributed by atoms with Gasteiger partial charge < -0.3 is 4.74 Å². The van der Waals surface area contributed by atoms with E-state index in [9.17, 15) is 0 Å². The summed E-state index contributed by atoms with van der Waals surface area (Å²) >= 11 is 0. The van der Waals surface area contributed by atoms with Crippen LogP contribution >= 0.6 is 0 Å². The van der Waals surface area contributed by atoms with Crippen LogP contribution in [0, 0.1) is 0 Å². The molecule has 0 unspecified atom stereocenters. The van der Waals surface area contributed by atoms with Crippen molar-refractivity contribution < 1.29 is 4.74 Å². The number of unbranched alkanes of at least 4 members (excludes halogenated alkanes) is 42. The van der Waals surface area contributed by atoms with E-state index in [0.717, 1.165) is 13.2 Å². The van der Waals surface area contributed by atoms with Crippen molar-refractivity contribution in [3.05, 3.63) is 0 Å². The minimum Gasteiger partial charge on any atom is -0.381 e. The van der Waals surface area contributed by atoms with E-state index in [2.05, 4.69) is 13.8 Å². The van der Waals surface area contributed by atoms with Gasteiger partial charge in [-0.15, -0.1) is 0 Å². The van der Waals surface area contributed by atoms with Crippen molar-refractivity contribution in [2.24, 2.45) is 0 Å². The highest BCUT2D eigenvalue weighted by Crippen LogP contribution is 2.17. The summed E-state index contributed by atoms with van der Waals surface area (Å²) in [5.74, 6) is 0. The lowest BCUT2D eigenvalue weighted by Crippen LogP contribution is -1.97. The van der Waals surface area contributed by atoms with Gasteiger partial charge in [-0.1, -0.05) is 284 Å². The largest absolute Gasteiger partial charge is 0.381 e. The number of hydrogen-bond acceptors (Lipinski definition) is 1. The fraction of sp³-hybridized carbons (Fsp3) is 1.00. The van der Waals surface area contributed by atoms with Gasteiger partial charge in [0.1, 0.15) is 0 Å². The third-order valence-electron chi connectivity index (χ3n) is 11.3. The molecule has 0 spiro atoms. The van der Waals surface area contributed by atoms with Crippen molar-refractivity contribution in [1.29, 1.82) is 0 Å². The summed E-state index contributed by atoms with van der Waals surface area (Å²) in [6, 6.07) is 0. The van der Waals surface area contributed by atoms with Crippen LogP contribution in [-0.4, -0.2) is 13.2 Å². The van der Waals surface area contributed by atoms with E-state index in [4.69, 9.17) is 4.74 Å². The zero-order valence-corrected chi connectivity index (χ0v) is 34.9. The van der Waals surface area contributed by atoms with Crippen LogP contribution in [0.2, 0.25) is 0 Å². The maximum atomic E-state index is 5.92. The molecule has 0 radical (unpaired) electrons. The average molecular weight is 691 g/mol. The molecule has 0 fully saturated rings. The first-order chi connectivity index (χ1) is 24.4. The van der Waals surface area contributed by atoms with Gasteiger partial charge in [0.2, 0.25) is 0 Å². The Morgan fingerprint density at radius 1 is 0.163 bits per heavy atom. The summed E-state index contributed by atoms with van der Waals surface area (Å²) in [6.45, 7) is 6.61. The molecular weight excluding hydrogens is 593 g/mol. The fourth-order valence-electron chi connectivity index (χ4n) is 7.73. The van der Waals surface area contributed by atoms with E-state index in [1.165, 1.54) is 283 Å². The van der Waals surface area contributed by atoms with Gasteiger partial charge >= 0.3 is 0 Å². The van der Waals surface area contributed by atoms with Gasteiger partial charge in [0, 0.05) is 13.2 Å². The Kier molecular flexibility index (Phi) is 47.9. The van der Waals surface area contributed by atoms with Gasteiger partial charge in [-0.05, 0) is 12.8 Å². The molecule has 0 atom stereocenters. The molecule has 0 rings (SSSR count). The molecule has 0 aliphatic rings. The molecule has 0 aromatic carbocycles. The summed E-state index contributed by atoms with van der Waals surface area (Å²) < 4.78 is 5.92. The maximum absolute atomic E-state index is 5.92. The second kappa shape index (κ2) is 48.0. The molecule has 0 bridgehead atoms. The van der Waals surface area contributed by atoms with E-state index < -0.39 is 0 Å².